The van der Waals surface area contributed by atoms with Crippen molar-refractivity contribution in [3.8, 4) is 0 Å². The molecule has 0 bridgehead atoms. The number of nitrogens with zero attached hydrogens (tertiary/aromatic N) is 1. The fourth-order valence-corrected chi connectivity index (χ4v) is 3.96. The predicted molar refractivity (Wildman–Crippen MR) is 131 cm³/mol. The van der Waals surface area contributed by atoms with Gasteiger partial charge in [-0.25, -0.2) is 4.79 Å². The second-order valence-electron chi connectivity index (χ2n) is 8.14. The molecule has 0 saturated carbocycles. The maximum absolute atomic E-state index is 11.7. The molecule has 1 aromatic heterocycles. The Morgan fingerprint density at radius 3 is 1.83 bits per heavy atom. The minimum Gasteiger partial charge on any atom is -0.790 e. The molecule has 1 saturated heterocycles. The van der Waals surface area contributed by atoms with Gasteiger partial charge < -0.3 is 43.3 Å². The molecule has 13 nitrogen and oxygen atoms in total. The van der Waals surface area contributed by atoms with Gasteiger partial charge in [-0.3, -0.25) is 14.3 Å². The molecular formula is C22H45N4O9P. The van der Waals surface area contributed by atoms with E-state index in [4.69, 9.17) is 9.47 Å². The van der Waals surface area contributed by atoms with Gasteiger partial charge in [-0.1, -0.05) is 0 Å². The van der Waals surface area contributed by atoms with Gasteiger partial charge in [0.15, 0.2) is 6.23 Å². The molecule has 36 heavy (non-hydrogen) atoms. The monoisotopic (exact) mass is 540 g/mol. The van der Waals surface area contributed by atoms with Crippen molar-refractivity contribution in [3.05, 3.63) is 33.1 Å². The molecule has 0 aromatic carbocycles. The summed E-state index contributed by atoms with van der Waals surface area (Å²) in [5.41, 5.74) is -1.42. The number of H-pyrrole nitrogens is 1. The van der Waals surface area contributed by atoms with Crippen LogP contribution in [-0.2, 0) is 18.6 Å². The van der Waals surface area contributed by atoms with Gasteiger partial charge in [-0.2, -0.15) is 0 Å². The van der Waals surface area contributed by atoms with Gasteiger partial charge in [-0.05, 0) is 41.5 Å². The van der Waals surface area contributed by atoms with Crippen LogP contribution in [0.2, 0.25) is 0 Å². The fraction of sp³-hybridized carbons (Fsp3) is 0.818. The summed E-state index contributed by atoms with van der Waals surface area (Å²) in [6.45, 7) is 20.2. The number of hydrogen-bond donors (Lipinski definition) is 4. The van der Waals surface area contributed by atoms with Crippen molar-refractivity contribution in [2.24, 2.45) is 0 Å². The number of aromatic nitrogens is 2. The van der Waals surface area contributed by atoms with Crippen molar-refractivity contribution < 1.29 is 43.3 Å². The third-order valence-electron chi connectivity index (χ3n) is 6.11. The third-order valence-corrected chi connectivity index (χ3v) is 6.57. The van der Waals surface area contributed by atoms with Gasteiger partial charge in [-0.15, -0.1) is 0 Å². The van der Waals surface area contributed by atoms with Crippen molar-refractivity contribution in [1.82, 2.24) is 9.55 Å². The molecule has 1 aromatic rings. The minimum absolute atomic E-state index is 0.618. The van der Waals surface area contributed by atoms with E-state index < -0.39 is 50.2 Å². The summed E-state index contributed by atoms with van der Waals surface area (Å²) < 4.78 is 25.9. The molecule has 1 aliphatic heterocycles. The standard InChI is InChI=1S/C10H15N2O9P.2C6H15N/c1-19-8-7(14)5(4-20-22(16,17)18)21-9(8)12-3-2-6(13)11-10(12)15;2*1-4-7(5-2)6-3/h2-3,5,7-9,14H,4H2,1H3,(H,11,13,15)(H2,16,17,18);2*4-6H2,1-3H3/t5-,7-,8-,9-;;/m1../s1. The van der Waals surface area contributed by atoms with Gasteiger partial charge in [0.2, 0.25) is 0 Å². The molecule has 0 amide bonds. The Hall–Kier alpha value is -1.41. The van der Waals surface area contributed by atoms with E-state index >= 15 is 0 Å². The van der Waals surface area contributed by atoms with Crippen LogP contribution in [0.1, 0.15) is 47.8 Å². The lowest BCUT2D eigenvalue weighted by atomic mass is 10.1. The average molecular weight is 541 g/mol. The molecule has 1 fully saturated rings. The summed E-state index contributed by atoms with van der Waals surface area (Å²) in [7, 11) is -3.98. The normalized spacial score (nSPS) is 21.7. The summed E-state index contributed by atoms with van der Waals surface area (Å²) in [6.07, 6.45) is -3.57. The van der Waals surface area contributed by atoms with E-state index in [1.54, 1.807) is 9.80 Å². The molecule has 14 heteroatoms. The number of phosphoric ester groups is 1. The lowest BCUT2D eigenvalue weighted by Gasteiger charge is -2.30. The summed E-state index contributed by atoms with van der Waals surface area (Å²) in [5.74, 6) is 0. The largest absolute Gasteiger partial charge is 0.790 e. The molecular weight excluding hydrogens is 495 g/mol. The van der Waals surface area contributed by atoms with Crippen LogP contribution in [0, 0.1) is 0 Å². The molecule has 2 heterocycles. The highest BCUT2D eigenvalue weighted by Gasteiger charge is 2.45. The van der Waals surface area contributed by atoms with Crippen molar-refractivity contribution in [2.45, 2.75) is 66.1 Å². The minimum atomic E-state index is -5.23. The zero-order valence-corrected chi connectivity index (χ0v) is 23.4. The number of ether oxygens (including phenoxy) is 2. The number of quaternary nitrogens is 2. The molecule has 0 aliphatic carbocycles. The Labute approximate surface area is 213 Å². The highest BCUT2D eigenvalue weighted by molar-refractivity contribution is 7.43. The zero-order valence-electron chi connectivity index (χ0n) is 22.5. The lowest BCUT2D eigenvalue weighted by molar-refractivity contribution is -0.894. The fourth-order valence-electron chi connectivity index (χ4n) is 3.63. The van der Waals surface area contributed by atoms with Crippen LogP contribution in [0.15, 0.2) is 21.9 Å². The molecule has 0 unspecified atom stereocenters. The topological polar surface area (TPSA) is 175 Å². The molecule has 2 rings (SSSR count). The highest BCUT2D eigenvalue weighted by Crippen LogP contribution is 2.33. The third kappa shape index (κ3) is 12.2. The first-order chi connectivity index (χ1) is 16.9. The summed E-state index contributed by atoms with van der Waals surface area (Å²) in [6, 6.07) is 1.07. The number of rotatable bonds is 11. The van der Waals surface area contributed by atoms with E-state index in [1.807, 2.05) is 4.98 Å². The Morgan fingerprint density at radius 2 is 1.50 bits per heavy atom. The molecule has 4 atom stereocenters. The number of nitrogens with one attached hydrogen (secondary N) is 3. The van der Waals surface area contributed by atoms with Crippen LogP contribution < -0.4 is 30.8 Å². The SMILES string of the molecule is CC[NH+](CC)CC.CC[NH+](CC)CC.CO[C@@H]1[C@H](O)[C@@H](COP(=O)([O-])[O-])O[C@H]1n1ccc(=O)[nH]c1=O. The summed E-state index contributed by atoms with van der Waals surface area (Å²) in [5, 5.41) is 10.0. The van der Waals surface area contributed by atoms with E-state index in [9.17, 15) is 29.0 Å². The number of aromatic amines is 1. The lowest BCUT2D eigenvalue weighted by Crippen LogP contribution is -3.11. The number of phosphoric acid groups is 1. The summed E-state index contributed by atoms with van der Waals surface area (Å²) >= 11 is 0. The van der Waals surface area contributed by atoms with Gasteiger partial charge in [0, 0.05) is 19.4 Å². The first kappa shape index (κ1) is 34.6. The smallest absolute Gasteiger partial charge is 0.330 e. The number of methoxy groups -OCH3 is 1. The average Bonchev–Trinajstić information content (AvgIpc) is 3.15. The second kappa shape index (κ2) is 17.9. The first-order valence-corrected chi connectivity index (χ1v) is 13.9. The van der Waals surface area contributed by atoms with E-state index in [2.05, 4.69) is 46.1 Å². The second-order valence-corrected chi connectivity index (χ2v) is 9.29. The molecule has 1 aliphatic rings. The Morgan fingerprint density at radius 1 is 1.03 bits per heavy atom. The van der Waals surface area contributed by atoms with Crippen molar-refractivity contribution in [2.75, 3.05) is 53.0 Å². The zero-order chi connectivity index (χ0) is 27.9. The highest BCUT2D eigenvalue weighted by atomic mass is 31.2. The van der Waals surface area contributed by atoms with Crippen molar-refractivity contribution in [1.29, 1.82) is 0 Å². The van der Waals surface area contributed by atoms with Crippen LogP contribution in [-0.4, -0.2) is 86.0 Å². The Kier molecular flexibility index (Phi) is 17.2. The predicted octanol–water partition coefficient (Wildman–Crippen LogP) is -3.48. The van der Waals surface area contributed by atoms with E-state index in [1.165, 1.54) is 46.4 Å². The maximum Gasteiger partial charge on any atom is 0.330 e. The molecule has 212 valence electrons. The van der Waals surface area contributed by atoms with Crippen LogP contribution in [0.4, 0.5) is 0 Å². The van der Waals surface area contributed by atoms with Gasteiger partial charge in [0.25, 0.3) is 5.56 Å². The first-order valence-electron chi connectivity index (χ1n) is 12.4. The van der Waals surface area contributed by atoms with Crippen LogP contribution in [0.25, 0.3) is 0 Å². The molecule has 4 N–H and O–H groups in total. The number of hydrogen-bond acceptors (Lipinski definition) is 9. The van der Waals surface area contributed by atoms with Gasteiger partial charge >= 0.3 is 5.69 Å². The quantitative estimate of drug-likeness (QED) is 0.208. The molecule has 0 spiro atoms. The van der Waals surface area contributed by atoms with Gasteiger partial charge in [0.05, 0.1) is 53.7 Å². The van der Waals surface area contributed by atoms with Crippen LogP contribution >= 0.6 is 7.82 Å². The van der Waals surface area contributed by atoms with E-state index in [0.29, 0.717) is 0 Å². The van der Waals surface area contributed by atoms with Crippen molar-refractivity contribution >= 4 is 7.82 Å². The Balaban J connectivity index is 0.000000720. The molecule has 0 radical (unpaired) electrons. The number of aliphatic hydroxyl groups is 1. The van der Waals surface area contributed by atoms with Crippen molar-refractivity contribution in [3.63, 3.8) is 0 Å². The van der Waals surface area contributed by atoms with Gasteiger partial charge in [0.1, 0.15) is 18.3 Å². The van der Waals surface area contributed by atoms with E-state index in [-0.39, 0.29) is 0 Å². The van der Waals surface area contributed by atoms with E-state index in [0.717, 1.165) is 16.8 Å². The maximum atomic E-state index is 11.7. The Bertz CT molecular complexity index is 845. The number of aliphatic hydroxyl groups excluding tert-OH is 1. The summed E-state index contributed by atoms with van der Waals surface area (Å²) in [4.78, 5) is 49.1. The van der Waals surface area contributed by atoms with Crippen LogP contribution in [0.5, 0.6) is 0 Å². The van der Waals surface area contributed by atoms with Crippen LogP contribution in [0.3, 0.4) is 0 Å².